The average Bonchev–Trinajstić information content (AvgIpc) is 2.69. The van der Waals surface area contributed by atoms with Gasteiger partial charge in [0, 0.05) is 24.8 Å². The van der Waals surface area contributed by atoms with Gasteiger partial charge in [0.2, 0.25) is 0 Å². The highest BCUT2D eigenvalue weighted by atomic mass is 16.7. The van der Waals surface area contributed by atoms with Gasteiger partial charge in [0.15, 0.2) is 6.29 Å². The van der Waals surface area contributed by atoms with Crippen LogP contribution in [0.5, 0.6) is 0 Å². The topological polar surface area (TPSA) is 43.8 Å². The predicted molar refractivity (Wildman–Crippen MR) is 80.3 cm³/mol. The van der Waals surface area contributed by atoms with Crippen LogP contribution < -0.4 is 4.90 Å². The molecule has 2 saturated heterocycles. The van der Waals surface area contributed by atoms with Crippen LogP contribution in [-0.2, 0) is 14.2 Å². The van der Waals surface area contributed by atoms with Crippen LogP contribution in [0, 0.1) is 0 Å². The zero-order valence-electron chi connectivity index (χ0n) is 13.3. The third kappa shape index (κ3) is 2.78. The summed E-state index contributed by atoms with van der Waals surface area (Å²) >= 11 is 0. The maximum absolute atomic E-state index is 6.04. The number of aromatic nitrogens is 1. The number of morpholine rings is 1. The summed E-state index contributed by atoms with van der Waals surface area (Å²) in [6, 6.07) is 4.08. The molecule has 116 valence electrons. The van der Waals surface area contributed by atoms with Crippen LogP contribution in [-0.4, -0.2) is 42.5 Å². The normalized spacial score (nSPS) is 25.2. The van der Waals surface area contributed by atoms with Crippen LogP contribution >= 0.6 is 0 Å². The van der Waals surface area contributed by atoms with E-state index in [0.717, 1.165) is 37.7 Å². The minimum atomic E-state index is -0.346. The molecule has 0 radical (unpaired) electrons. The van der Waals surface area contributed by atoms with E-state index < -0.39 is 0 Å². The molecule has 0 bridgehead atoms. The van der Waals surface area contributed by atoms with E-state index in [4.69, 9.17) is 14.2 Å². The smallest absolute Gasteiger partial charge is 0.186 e. The van der Waals surface area contributed by atoms with Crippen molar-refractivity contribution in [2.75, 3.05) is 31.2 Å². The summed E-state index contributed by atoms with van der Waals surface area (Å²) < 4.78 is 17.4. The molecule has 2 fully saturated rings. The van der Waals surface area contributed by atoms with Crippen molar-refractivity contribution in [2.24, 2.45) is 0 Å². The molecule has 0 aliphatic carbocycles. The van der Waals surface area contributed by atoms with Gasteiger partial charge in [0.25, 0.3) is 0 Å². The Hall–Kier alpha value is -1.17. The van der Waals surface area contributed by atoms with Gasteiger partial charge in [-0.1, -0.05) is 0 Å². The maximum Gasteiger partial charge on any atom is 0.186 e. The van der Waals surface area contributed by atoms with E-state index in [1.54, 1.807) is 0 Å². The summed E-state index contributed by atoms with van der Waals surface area (Å²) in [5.41, 5.74) is 0.326. The van der Waals surface area contributed by atoms with Gasteiger partial charge in [-0.25, -0.2) is 4.98 Å². The molecule has 5 nitrogen and oxygen atoms in total. The largest absolute Gasteiger partial charge is 0.378 e. The number of hydrogen-bond donors (Lipinski definition) is 0. The second-order valence-corrected chi connectivity index (χ2v) is 6.64. The Balaban J connectivity index is 1.73. The van der Waals surface area contributed by atoms with E-state index in [2.05, 4.69) is 37.6 Å². The van der Waals surface area contributed by atoms with Crippen molar-refractivity contribution in [3.05, 3.63) is 23.9 Å². The van der Waals surface area contributed by atoms with Crippen LogP contribution in [0.3, 0.4) is 0 Å². The first-order valence-electron chi connectivity index (χ1n) is 7.53. The van der Waals surface area contributed by atoms with Crippen LogP contribution in [0.2, 0.25) is 0 Å². The SMILES string of the molecule is CC1(C)OC(c2ccc(N3CCOCC3)nc2)OC1(C)C. The van der Waals surface area contributed by atoms with E-state index in [-0.39, 0.29) is 17.5 Å². The Labute approximate surface area is 126 Å². The number of nitrogens with zero attached hydrogens (tertiary/aromatic N) is 2. The molecular weight excluding hydrogens is 268 g/mol. The van der Waals surface area contributed by atoms with Gasteiger partial charge in [-0.15, -0.1) is 0 Å². The first-order chi connectivity index (χ1) is 9.89. The molecule has 0 spiro atoms. The molecule has 2 aliphatic rings. The lowest BCUT2D eigenvalue weighted by Crippen LogP contribution is -2.41. The standard InChI is InChI=1S/C16H24N2O3/c1-15(2)16(3,4)21-14(20-15)12-5-6-13(17-11-12)18-7-9-19-10-8-18/h5-6,11,14H,7-10H2,1-4H3. The van der Waals surface area contributed by atoms with Gasteiger partial charge >= 0.3 is 0 Å². The third-order valence-electron chi connectivity index (χ3n) is 4.63. The lowest BCUT2D eigenvalue weighted by Gasteiger charge is -2.30. The van der Waals surface area contributed by atoms with Crippen molar-refractivity contribution in [1.29, 1.82) is 0 Å². The van der Waals surface area contributed by atoms with E-state index in [1.165, 1.54) is 0 Å². The van der Waals surface area contributed by atoms with Crippen molar-refractivity contribution in [3.63, 3.8) is 0 Å². The highest BCUT2D eigenvalue weighted by Gasteiger charge is 2.49. The first-order valence-corrected chi connectivity index (χ1v) is 7.53. The van der Waals surface area contributed by atoms with Crippen molar-refractivity contribution < 1.29 is 14.2 Å². The fraction of sp³-hybridized carbons (Fsp3) is 0.688. The highest BCUT2D eigenvalue weighted by molar-refractivity contribution is 5.40. The molecule has 0 amide bonds. The Morgan fingerprint density at radius 3 is 2.19 bits per heavy atom. The monoisotopic (exact) mass is 292 g/mol. The van der Waals surface area contributed by atoms with Crippen LogP contribution in [0.25, 0.3) is 0 Å². The van der Waals surface area contributed by atoms with Crippen molar-refractivity contribution in [2.45, 2.75) is 45.2 Å². The van der Waals surface area contributed by atoms with Gasteiger partial charge in [-0.05, 0) is 39.8 Å². The van der Waals surface area contributed by atoms with Gasteiger partial charge < -0.3 is 19.1 Å². The third-order valence-corrected chi connectivity index (χ3v) is 4.63. The molecule has 3 rings (SSSR count). The minimum Gasteiger partial charge on any atom is -0.378 e. The fourth-order valence-corrected chi connectivity index (χ4v) is 2.50. The molecule has 0 unspecified atom stereocenters. The minimum absolute atomic E-state index is 0.319. The van der Waals surface area contributed by atoms with Crippen LogP contribution in [0.4, 0.5) is 5.82 Å². The van der Waals surface area contributed by atoms with Crippen LogP contribution in [0.15, 0.2) is 18.3 Å². The summed E-state index contributed by atoms with van der Waals surface area (Å²) in [5, 5.41) is 0. The van der Waals surface area contributed by atoms with Crippen LogP contribution in [0.1, 0.15) is 39.5 Å². The number of rotatable bonds is 2. The van der Waals surface area contributed by atoms with Crippen molar-refractivity contribution in [3.8, 4) is 0 Å². The van der Waals surface area contributed by atoms with E-state index >= 15 is 0 Å². The summed E-state index contributed by atoms with van der Waals surface area (Å²) in [5.74, 6) is 0.985. The number of anilines is 1. The molecule has 0 N–H and O–H groups in total. The second-order valence-electron chi connectivity index (χ2n) is 6.64. The molecule has 1 aromatic rings. The number of ether oxygens (including phenoxy) is 3. The van der Waals surface area contributed by atoms with Crippen molar-refractivity contribution >= 4 is 5.82 Å². The Morgan fingerprint density at radius 1 is 1.05 bits per heavy atom. The Bertz CT molecular complexity index is 477. The van der Waals surface area contributed by atoms with Crippen molar-refractivity contribution in [1.82, 2.24) is 4.98 Å². The molecule has 0 atom stereocenters. The molecule has 0 aromatic carbocycles. The highest BCUT2D eigenvalue weighted by Crippen LogP contribution is 2.44. The lowest BCUT2D eigenvalue weighted by atomic mass is 9.90. The van der Waals surface area contributed by atoms with Gasteiger partial charge in [-0.3, -0.25) is 0 Å². The van der Waals surface area contributed by atoms with E-state index in [0.29, 0.717) is 0 Å². The number of hydrogen-bond acceptors (Lipinski definition) is 5. The molecule has 21 heavy (non-hydrogen) atoms. The molecule has 2 aliphatic heterocycles. The zero-order valence-corrected chi connectivity index (χ0v) is 13.3. The molecular formula is C16H24N2O3. The molecule has 0 saturated carbocycles. The predicted octanol–water partition coefficient (Wildman–Crippen LogP) is 2.52. The Morgan fingerprint density at radius 2 is 1.67 bits per heavy atom. The van der Waals surface area contributed by atoms with Gasteiger partial charge in [0.05, 0.1) is 24.4 Å². The lowest BCUT2D eigenvalue weighted by molar-refractivity contribution is -0.0897. The van der Waals surface area contributed by atoms with Gasteiger partial charge in [0.1, 0.15) is 5.82 Å². The maximum atomic E-state index is 6.04. The second kappa shape index (κ2) is 5.23. The first kappa shape index (κ1) is 14.8. The number of pyridine rings is 1. The molecule has 3 heterocycles. The summed E-state index contributed by atoms with van der Waals surface area (Å²) in [4.78, 5) is 6.79. The Kier molecular flexibility index (Phi) is 3.67. The summed E-state index contributed by atoms with van der Waals surface area (Å²) in [6.45, 7) is 11.5. The summed E-state index contributed by atoms with van der Waals surface area (Å²) in [7, 11) is 0. The zero-order chi connectivity index (χ0) is 15.1. The van der Waals surface area contributed by atoms with Gasteiger partial charge in [-0.2, -0.15) is 0 Å². The molecule has 5 heteroatoms. The quantitative estimate of drug-likeness (QED) is 0.838. The van der Waals surface area contributed by atoms with E-state index in [9.17, 15) is 0 Å². The van der Waals surface area contributed by atoms with E-state index in [1.807, 2.05) is 18.3 Å². The summed E-state index contributed by atoms with van der Waals surface area (Å²) in [6.07, 6.45) is 1.51. The fourth-order valence-electron chi connectivity index (χ4n) is 2.50. The molecule has 1 aromatic heterocycles. The average molecular weight is 292 g/mol.